The molecule has 4 heteroatoms. The maximum atomic E-state index is 13.4. The molecule has 1 rings (SSSR count). The van der Waals surface area contributed by atoms with Crippen LogP contribution in [0.25, 0.3) is 0 Å². The van der Waals surface area contributed by atoms with Crippen molar-refractivity contribution in [3.8, 4) is 6.07 Å². The van der Waals surface area contributed by atoms with Gasteiger partial charge in [0.25, 0.3) is 0 Å². The van der Waals surface area contributed by atoms with Gasteiger partial charge in [-0.25, -0.2) is 4.39 Å². The number of benzene rings is 1. The lowest BCUT2D eigenvalue weighted by molar-refractivity contribution is 0.604. The van der Waals surface area contributed by atoms with E-state index in [9.17, 15) is 4.39 Å². The fourth-order valence-electron chi connectivity index (χ4n) is 1.70. The third kappa shape index (κ3) is 4.55. The molecule has 17 heavy (non-hydrogen) atoms. The second kappa shape index (κ2) is 8.04. The van der Waals surface area contributed by atoms with Gasteiger partial charge in [0.1, 0.15) is 5.82 Å². The zero-order valence-corrected chi connectivity index (χ0v) is 13.2. The summed E-state index contributed by atoms with van der Waals surface area (Å²) in [5.41, 5.74) is 0.826. The molecule has 0 N–H and O–H groups in total. The molecule has 0 aromatic heterocycles. The molecule has 1 nitrogen and oxygen atoms in total. The van der Waals surface area contributed by atoms with Crippen molar-refractivity contribution in [2.45, 2.75) is 31.6 Å². The number of alkyl halides is 1. The molecule has 0 aliphatic heterocycles. The maximum absolute atomic E-state index is 13.4. The third-order valence-corrected chi connectivity index (χ3v) is 4.34. The lowest BCUT2D eigenvalue weighted by Crippen LogP contribution is -2.00. The molecule has 0 bridgehead atoms. The number of hydrogen-bond acceptors (Lipinski definition) is 1. The van der Waals surface area contributed by atoms with E-state index in [4.69, 9.17) is 5.26 Å². The van der Waals surface area contributed by atoms with E-state index in [1.165, 1.54) is 6.07 Å². The van der Waals surface area contributed by atoms with Gasteiger partial charge >= 0.3 is 0 Å². The molecule has 1 unspecified atom stereocenters. The smallest absolute Gasteiger partial charge is 0.136 e. The molecule has 1 aromatic carbocycles. The predicted molar refractivity (Wildman–Crippen MR) is 79.7 cm³/mol. The van der Waals surface area contributed by atoms with Gasteiger partial charge in [0.2, 0.25) is 0 Å². The summed E-state index contributed by atoms with van der Waals surface area (Å²) in [4.78, 5) is 0. The van der Waals surface area contributed by atoms with Gasteiger partial charge in [0.15, 0.2) is 0 Å². The molecule has 0 saturated heterocycles. The molecule has 0 aliphatic rings. The van der Waals surface area contributed by atoms with E-state index in [-0.39, 0.29) is 11.7 Å². The van der Waals surface area contributed by atoms with Crippen LogP contribution in [0.15, 0.2) is 18.2 Å². The van der Waals surface area contributed by atoms with Crippen LogP contribution in [0.1, 0.15) is 37.2 Å². The molecule has 1 aromatic rings. The van der Waals surface area contributed by atoms with E-state index in [0.29, 0.717) is 3.57 Å². The van der Waals surface area contributed by atoms with E-state index in [0.717, 1.165) is 36.6 Å². The average Bonchev–Trinajstić information content (AvgIpc) is 2.34. The van der Waals surface area contributed by atoms with Crippen molar-refractivity contribution in [1.29, 1.82) is 5.26 Å². The summed E-state index contributed by atoms with van der Waals surface area (Å²) >= 11 is 5.36. The zero-order valence-electron chi connectivity index (χ0n) is 9.43. The average molecular weight is 410 g/mol. The predicted octanol–water partition coefficient (Wildman–Crippen LogP) is 4.99. The van der Waals surface area contributed by atoms with Crippen molar-refractivity contribution in [2.75, 3.05) is 5.33 Å². The van der Waals surface area contributed by atoms with Crippen LogP contribution in [0, 0.1) is 20.7 Å². The molecule has 0 heterocycles. The summed E-state index contributed by atoms with van der Waals surface area (Å²) in [5.74, 6) is -0.420. The fraction of sp³-hybridized carbons (Fsp3) is 0.462. The van der Waals surface area contributed by atoms with Crippen LogP contribution in [0.3, 0.4) is 0 Å². The van der Waals surface area contributed by atoms with Crippen molar-refractivity contribution in [2.24, 2.45) is 0 Å². The number of hydrogen-bond donors (Lipinski definition) is 0. The van der Waals surface area contributed by atoms with Gasteiger partial charge < -0.3 is 0 Å². The molecular formula is C13H14BrFIN. The number of nitrogens with zero attached hydrogens (tertiary/aromatic N) is 1. The Morgan fingerprint density at radius 3 is 2.76 bits per heavy atom. The Balaban J connectivity index is 2.67. The summed E-state index contributed by atoms with van der Waals surface area (Å²) in [6.45, 7) is 0. The van der Waals surface area contributed by atoms with Gasteiger partial charge in [-0.05, 0) is 47.1 Å². The van der Waals surface area contributed by atoms with Gasteiger partial charge in [0.05, 0.1) is 15.6 Å². The minimum atomic E-state index is -0.233. The minimum Gasteiger partial charge on any atom is -0.206 e. The molecule has 0 radical (unpaired) electrons. The second-order valence-electron chi connectivity index (χ2n) is 3.86. The molecule has 92 valence electrons. The summed E-state index contributed by atoms with van der Waals surface area (Å²) in [5, 5.41) is 10.2. The van der Waals surface area contributed by atoms with Crippen molar-refractivity contribution in [1.82, 2.24) is 0 Å². The Morgan fingerprint density at radius 2 is 2.12 bits per heavy atom. The van der Waals surface area contributed by atoms with E-state index in [1.54, 1.807) is 6.07 Å². The van der Waals surface area contributed by atoms with Crippen molar-refractivity contribution in [3.63, 3.8) is 0 Å². The highest BCUT2D eigenvalue weighted by molar-refractivity contribution is 14.1. The lowest BCUT2D eigenvalue weighted by atomic mass is 9.94. The first-order valence-corrected chi connectivity index (χ1v) is 7.80. The SMILES string of the molecule is N#CC(CCCCCBr)c1cccc(F)c1I. The number of halogens is 3. The molecule has 0 aliphatic carbocycles. The summed E-state index contributed by atoms with van der Waals surface area (Å²) in [7, 11) is 0. The van der Waals surface area contributed by atoms with Crippen molar-refractivity contribution >= 4 is 38.5 Å². The summed E-state index contributed by atoms with van der Waals surface area (Å²) < 4.78 is 14.0. The molecule has 1 atom stereocenters. The van der Waals surface area contributed by atoms with E-state index in [2.05, 4.69) is 22.0 Å². The monoisotopic (exact) mass is 409 g/mol. The maximum Gasteiger partial charge on any atom is 0.136 e. The number of unbranched alkanes of at least 4 members (excludes halogenated alkanes) is 2. The van der Waals surface area contributed by atoms with Crippen molar-refractivity contribution in [3.05, 3.63) is 33.1 Å². The Morgan fingerprint density at radius 1 is 1.35 bits per heavy atom. The molecule has 0 spiro atoms. The lowest BCUT2D eigenvalue weighted by Gasteiger charge is -2.11. The van der Waals surface area contributed by atoms with Crippen LogP contribution in [0.5, 0.6) is 0 Å². The van der Waals surface area contributed by atoms with Crippen LogP contribution in [0.2, 0.25) is 0 Å². The summed E-state index contributed by atoms with van der Waals surface area (Å²) in [6, 6.07) is 7.24. The topological polar surface area (TPSA) is 23.8 Å². The quantitative estimate of drug-likeness (QED) is 0.368. The summed E-state index contributed by atoms with van der Waals surface area (Å²) in [6.07, 6.45) is 4.05. The van der Waals surface area contributed by atoms with Crippen LogP contribution >= 0.6 is 38.5 Å². The zero-order chi connectivity index (χ0) is 12.7. The van der Waals surface area contributed by atoms with E-state index >= 15 is 0 Å². The molecule has 0 saturated carbocycles. The number of nitriles is 1. The Bertz CT molecular complexity index is 403. The van der Waals surface area contributed by atoms with Crippen LogP contribution in [0.4, 0.5) is 4.39 Å². The largest absolute Gasteiger partial charge is 0.206 e. The Hall–Kier alpha value is -0.150. The van der Waals surface area contributed by atoms with Crippen LogP contribution in [-0.4, -0.2) is 5.33 Å². The highest BCUT2D eigenvalue weighted by atomic mass is 127. The molecular weight excluding hydrogens is 396 g/mol. The highest BCUT2D eigenvalue weighted by Gasteiger charge is 2.15. The van der Waals surface area contributed by atoms with E-state index in [1.807, 2.05) is 28.7 Å². The Kier molecular flexibility index (Phi) is 7.05. The molecule has 0 fully saturated rings. The first-order chi connectivity index (χ1) is 8.20. The third-order valence-electron chi connectivity index (χ3n) is 2.64. The van der Waals surface area contributed by atoms with Crippen molar-refractivity contribution < 1.29 is 4.39 Å². The van der Waals surface area contributed by atoms with Gasteiger partial charge in [-0.1, -0.05) is 40.9 Å². The highest BCUT2D eigenvalue weighted by Crippen LogP contribution is 2.27. The van der Waals surface area contributed by atoms with E-state index < -0.39 is 0 Å². The fourth-order valence-corrected chi connectivity index (χ4v) is 2.83. The van der Waals surface area contributed by atoms with Gasteiger partial charge in [-0.15, -0.1) is 0 Å². The van der Waals surface area contributed by atoms with Gasteiger partial charge in [-0.3, -0.25) is 0 Å². The Labute approximate surface area is 124 Å². The first kappa shape index (κ1) is 14.9. The van der Waals surface area contributed by atoms with Crippen LogP contribution < -0.4 is 0 Å². The normalized spacial score (nSPS) is 12.1. The van der Waals surface area contributed by atoms with Crippen LogP contribution in [-0.2, 0) is 0 Å². The number of rotatable bonds is 6. The molecule has 0 amide bonds. The standard InChI is InChI=1S/C13H14BrFIN/c14-8-3-1-2-5-10(9-17)11-6-4-7-12(15)13(11)16/h4,6-7,10H,1-3,5,8H2. The first-order valence-electron chi connectivity index (χ1n) is 5.60. The minimum absolute atomic E-state index is 0.187. The van der Waals surface area contributed by atoms with Gasteiger partial charge in [0, 0.05) is 5.33 Å². The van der Waals surface area contributed by atoms with Gasteiger partial charge in [-0.2, -0.15) is 5.26 Å². The second-order valence-corrected chi connectivity index (χ2v) is 5.73.